The predicted molar refractivity (Wildman–Crippen MR) is 72.7 cm³/mol. The van der Waals surface area contributed by atoms with E-state index in [0.717, 1.165) is 37.3 Å². The molecule has 0 spiro atoms. The first kappa shape index (κ1) is 13.1. The minimum atomic E-state index is 0.0108. The molecular formula is C14H21N3O. The van der Waals surface area contributed by atoms with E-state index in [-0.39, 0.29) is 5.91 Å². The fourth-order valence-electron chi connectivity index (χ4n) is 2.04. The van der Waals surface area contributed by atoms with E-state index in [2.05, 4.69) is 22.5 Å². The molecule has 1 amide bonds. The highest BCUT2D eigenvalue weighted by molar-refractivity contribution is 5.94. The lowest BCUT2D eigenvalue weighted by molar-refractivity contribution is 0.0917. The molecule has 0 unspecified atom stereocenters. The molecule has 1 heterocycles. The van der Waals surface area contributed by atoms with E-state index >= 15 is 0 Å². The van der Waals surface area contributed by atoms with E-state index in [4.69, 9.17) is 0 Å². The Kier molecular flexibility index (Phi) is 4.33. The van der Waals surface area contributed by atoms with E-state index in [9.17, 15) is 4.79 Å². The number of carbonyl (C=O) groups is 1. The molecule has 0 bridgehead atoms. The van der Waals surface area contributed by atoms with Gasteiger partial charge in [0.05, 0.1) is 6.67 Å². The molecular weight excluding hydrogens is 226 g/mol. The van der Waals surface area contributed by atoms with Crippen LogP contribution in [0.4, 0.5) is 0 Å². The maximum Gasteiger partial charge on any atom is 0.252 e. The minimum absolute atomic E-state index is 0.0108. The summed E-state index contributed by atoms with van der Waals surface area (Å²) in [4.78, 5) is 14.2. The summed E-state index contributed by atoms with van der Waals surface area (Å²) in [6.45, 7) is 8.70. The highest BCUT2D eigenvalue weighted by Crippen LogP contribution is 2.09. The van der Waals surface area contributed by atoms with E-state index in [1.807, 2.05) is 25.1 Å². The lowest BCUT2D eigenvalue weighted by Crippen LogP contribution is -2.48. The summed E-state index contributed by atoms with van der Waals surface area (Å²) in [5.74, 6) is 0.0108. The summed E-state index contributed by atoms with van der Waals surface area (Å²) in [6, 6.07) is 5.83. The van der Waals surface area contributed by atoms with Crippen LogP contribution < -0.4 is 10.6 Å². The van der Waals surface area contributed by atoms with Crippen LogP contribution in [0.5, 0.6) is 0 Å². The summed E-state index contributed by atoms with van der Waals surface area (Å²) < 4.78 is 0. The maximum atomic E-state index is 12.0. The molecule has 1 fully saturated rings. The average molecular weight is 247 g/mol. The van der Waals surface area contributed by atoms with Crippen molar-refractivity contribution >= 4 is 5.91 Å². The summed E-state index contributed by atoms with van der Waals surface area (Å²) in [5.41, 5.74) is 3.12. The fourth-order valence-corrected chi connectivity index (χ4v) is 2.04. The highest BCUT2D eigenvalue weighted by atomic mass is 16.1. The van der Waals surface area contributed by atoms with Gasteiger partial charge in [-0.1, -0.05) is 6.07 Å². The van der Waals surface area contributed by atoms with Gasteiger partial charge in [-0.15, -0.1) is 0 Å². The van der Waals surface area contributed by atoms with Crippen molar-refractivity contribution in [2.24, 2.45) is 0 Å². The molecule has 0 saturated carbocycles. The second kappa shape index (κ2) is 5.98. The van der Waals surface area contributed by atoms with Crippen molar-refractivity contribution in [3.8, 4) is 0 Å². The zero-order chi connectivity index (χ0) is 13.0. The number of amides is 1. The molecule has 4 heteroatoms. The molecule has 0 aliphatic carbocycles. The Bertz CT molecular complexity index is 425. The lowest BCUT2D eigenvalue weighted by Gasteiger charge is -2.27. The van der Waals surface area contributed by atoms with Crippen molar-refractivity contribution in [3.05, 3.63) is 34.9 Å². The topological polar surface area (TPSA) is 44.4 Å². The molecule has 1 aliphatic rings. The van der Waals surface area contributed by atoms with Crippen LogP contribution in [0.15, 0.2) is 18.2 Å². The predicted octanol–water partition coefficient (Wildman–Crippen LogP) is 0.896. The third-order valence-electron chi connectivity index (χ3n) is 3.44. The van der Waals surface area contributed by atoms with Crippen molar-refractivity contribution in [2.45, 2.75) is 13.8 Å². The van der Waals surface area contributed by atoms with Crippen molar-refractivity contribution in [2.75, 3.05) is 32.8 Å². The van der Waals surface area contributed by atoms with Crippen molar-refractivity contribution in [3.63, 3.8) is 0 Å². The Morgan fingerprint density at radius 3 is 2.67 bits per heavy atom. The summed E-state index contributed by atoms with van der Waals surface area (Å²) in [5, 5.41) is 6.27. The fraction of sp³-hybridized carbons (Fsp3) is 0.500. The highest BCUT2D eigenvalue weighted by Gasteiger charge is 2.11. The van der Waals surface area contributed by atoms with Crippen LogP contribution in [-0.2, 0) is 0 Å². The molecule has 0 radical (unpaired) electrons. The van der Waals surface area contributed by atoms with E-state index in [1.54, 1.807) is 0 Å². The molecule has 18 heavy (non-hydrogen) atoms. The molecule has 2 rings (SSSR count). The Morgan fingerprint density at radius 2 is 2.00 bits per heavy atom. The first-order valence-corrected chi connectivity index (χ1v) is 6.45. The molecule has 4 nitrogen and oxygen atoms in total. The van der Waals surface area contributed by atoms with Gasteiger partial charge in [0.1, 0.15) is 0 Å². The minimum Gasteiger partial charge on any atom is -0.339 e. The number of piperazine rings is 1. The molecule has 2 N–H and O–H groups in total. The van der Waals surface area contributed by atoms with Crippen LogP contribution in [0, 0.1) is 13.8 Å². The Hall–Kier alpha value is -1.39. The van der Waals surface area contributed by atoms with Gasteiger partial charge in [-0.3, -0.25) is 9.69 Å². The lowest BCUT2D eigenvalue weighted by atomic mass is 10.1. The standard InChI is InChI=1S/C14H21N3O/c1-11-3-4-13(9-12(11)2)14(18)16-10-17-7-5-15-6-8-17/h3-4,9,15H,5-8,10H2,1-2H3,(H,16,18). The van der Waals surface area contributed by atoms with Gasteiger partial charge in [0, 0.05) is 31.7 Å². The third kappa shape index (κ3) is 3.31. The van der Waals surface area contributed by atoms with Crippen LogP contribution in [0.1, 0.15) is 21.5 Å². The van der Waals surface area contributed by atoms with Gasteiger partial charge < -0.3 is 10.6 Å². The zero-order valence-corrected chi connectivity index (χ0v) is 11.1. The largest absolute Gasteiger partial charge is 0.339 e. The molecule has 0 atom stereocenters. The van der Waals surface area contributed by atoms with Crippen LogP contribution in [0.2, 0.25) is 0 Å². The van der Waals surface area contributed by atoms with E-state index in [1.165, 1.54) is 5.56 Å². The molecule has 1 aromatic rings. The van der Waals surface area contributed by atoms with E-state index in [0.29, 0.717) is 6.67 Å². The van der Waals surface area contributed by atoms with Gasteiger partial charge in [-0.2, -0.15) is 0 Å². The second-order valence-corrected chi connectivity index (χ2v) is 4.83. The zero-order valence-electron chi connectivity index (χ0n) is 11.1. The third-order valence-corrected chi connectivity index (χ3v) is 3.44. The van der Waals surface area contributed by atoms with Crippen LogP contribution >= 0.6 is 0 Å². The first-order chi connectivity index (χ1) is 8.66. The number of nitrogens with one attached hydrogen (secondary N) is 2. The number of nitrogens with zero attached hydrogens (tertiary/aromatic N) is 1. The quantitative estimate of drug-likeness (QED) is 0.834. The van der Waals surface area contributed by atoms with E-state index < -0.39 is 0 Å². The summed E-state index contributed by atoms with van der Waals surface area (Å²) >= 11 is 0. The molecule has 1 aliphatic heterocycles. The van der Waals surface area contributed by atoms with Gasteiger partial charge in [-0.05, 0) is 37.1 Å². The normalized spacial score (nSPS) is 16.6. The maximum absolute atomic E-state index is 12.0. The second-order valence-electron chi connectivity index (χ2n) is 4.83. The van der Waals surface area contributed by atoms with Crippen LogP contribution in [-0.4, -0.2) is 43.7 Å². The number of hydrogen-bond acceptors (Lipinski definition) is 3. The summed E-state index contributed by atoms with van der Waals surface area (Å²) in [6.07, 6.45) is 0. The van der Waals surface area contributed by atoms with Gasteiger partial charge >= 0.3 is 0 Å². The summed E-state index contributed by atoms with van der Waals surface area (Å²) in [7, 11) is 0. The number of aryl methyl sites for hydroxylation is 2. The van der Waals surface area contributed by atoms with Gasteiger partial charge in [0.15, 0.2) is 0 Å². The van der Waals surface area contributed by atoms with Gasteiger partial charge in [-0.25, -0.2) is 0 Å². The number of hydrogen-bond donors (Lipinski definition) is 2. The van der Waals surface area contributed by atoms with Crippen molar-refractivity contribution < 1.29 is 4.79 Å². The Balaban J connectivity index is 1.88. The van der Waals surface area contributed by atoms with Crippen molar-refractivity contribution in [1.82, 2.24) is 15.5 Å². The molecule has 98 valence electrons. The van der Waals surface area contributed by atoms with Crippen LogP contribution in [0.3, 0.4) is 0 Å². The first-order valence-electron chi connectivity index (χ1n) is 6.45. The molecule has 0 aromatic heterocycles. The molecule has 1 saturated heterocycles. The Morgan fingerprint density at radius 1 is 1.28 bits per heavy atom. The van der Waals surface area contributed by atoms with Crippen LogP contribution in [0.25, 0.3) is 0 Å². The number of carbonyl (C=O) groups excluding carboxylic acids is 1. The monoisotopic (exact) mass is 247 g/mol. The average Bonchev–Trinajstić information content (AvgIpc) is 2.40. The van der Waals surface area contributed by atoms with Gasteiger partial charge in [0.2, 0.25) is 0 Å². The molecule has 1 aromatic carbocycles. The van der Waals surface area contributed by atoms with Gasteiger partial charge in [0.25, 0.3) is 5.91 Å². The number of benzene rings is 1. The Labute approximate surface area is 108 Å². The SMILES string of the molecule is Cc1ccc(C(=O)NCN2CCNCC2)cc1C. The van der Waals surface area contributed by atoms with Crippen molar-refractivity contribution in [1.29, 1.82) is 0 Å². The number of rotatable bonds is 3. The smallest absolute Gasteiger partial charge is 0.252 e.